The normalized spacial score (nSPS) is 17.6. The molecule has 2 heterocycles. The number of hydrogen-bond donors (Lipinski definition) is 2. The quantitative estimate of drug-likeness (QED) is 0.0877. The Hall–Kier alpha value is -3.10. The average molecular weight is 781 g/mol. The molecule has 1 aliphatic heterocycles. The number of carbonyl (C=O) groups excluding carboxylic acids is 5. The van der Waals surface area contributed by atoms with Crippen molar-refractivity contribution in [3.63, 3.8) is 0 Å². The van der Waals surface area contributed by atoms with Crippen LogP contribution < -0.4 is 5.32 Å². The number of rotatable bonds is 20. The standard InChI is InChI=1S/C40H68N4O9S/c1-12-14-15-17-21-44(30(26(3)4)22-31(45)36-41-28(25-54-36)38(50)51-24-33(47)53-40(9,10)11)37(49)34(27(5)13-2)42-35(48)29-19-16-18-20-43(29)23-32(46)52-39(6,7)8/h25-27,29-31,34,45H,12-24H2,1-11H3,(H,42,48)/t27?,29-,30?,31?,34?/m1/s1. The molecule has 1 saturated heterocycles. The molecule has 0 aliphatic carbocycles. The van der Waals surface area contributed by atoms with E-state index < -0.39 is 59.9 Å². The zero-order valence-corrected chi connectivity index (χ0v) is 35.5. The van der Waals surface area contributed by atoms with E-state index in [0.717, 1.165) is 49.9 Å². The molecule has 13 nitrogen and oxygen atoms in total. The van der Waals surface area contributed by atoms with Gasteiger partial charge in [-0.15, -0.1) is 11.3 Å². The zero-order chi connectivity index (χ0) is 40.8. The molecule has 0 radical (unpaired) electrons. The van der Waals surface area contributed by atoms with Gasteiger partial charge in [0.1, 0.15) is 28.4 Å². The summed E-state index contributed by atoms with van der Waals surface area (Å²) < 4.78 is 15.8. The second kappa shape index (κ2) is 21.8. The first kappa shape index (κ1) is 47.1. The van der Waals surface area contributed by atoms with Gasteiger partial charge < -0.3 is 29.5 Å². The van der Waals surface area contributed by atoms with E-state index in [1.165, 1.54) is 5.38 Å². The maximum absolute atomic E-state index is 14.7. The molecule has 1 aromatic rings. The lowest BCUT2D eigenvalue weighted by atomic mass is 9.91. The lowest BCUT2D eigenvalue weighted by Crippen LogP contribution is -2.59. The summed E-state index contributed by atoms with van der Waals surface area (Å²) in [7, 11) is 0. The fourth-order valence-electron chi connectivity index (χ4n) is 6.47. The molecular weight excluding hydrogens is 713 g/mol. The van der Waals surface area contributed by atoms with E-state index in [9.17, 15) is 29.1 Å². The van der Waals surface area contributed by atoms with Crippen LogP contribution >= 0.6 is 11.3 Å². The third kappa shape index (κ3) is 15.9. The predicted octanol–water partition coefficient (Wildman–Crippen LogP) is 6.23. The molecule has 308 valence electrons. The molecule has 0 saturated carbocycles. The lowest BCUT2D eigenvalue weighted by molar-refractivity contribution is -0.159. The van der Waals surface area contributed by atoms with Crippen molar-refractivity contribution in [1.29, 1.82) is 0 Å². The number of piperidine rings is 1. The van der Waals surface area contributed by atoms with Gasteiger partial charge in [-0.05, 0) is 79.2 Å². The van der Waals surface area contributed by atoms with E-state index >= 15 is 0 Å². The number of nitrogens with zero attached hydrogens (tertiary/aromatic N) is 3. The van der Waals surface area contributed by atoms with Crippen LogP contribution in [-0.2, 0) is 33.4 Å². The summed E-state index contributed by atoms with van der Waals surface area (Å²) in [5.41, 5.74) is -1.40. The largest absolute Gasteiger partial charge is 0.459 e. The second-order valence-electron chi connectivity index (χ2n) is 16.8. The summed E-state index contributed by atoms with van der Waals surface area (Å²) in [5, 5.41) is 16.4. The summed E-state index contributed by atoms with van der Waals surface area (Å²) >= 11 is 1.10. The highest BCUT2D eigenvalue weighted by molar-refractivity contribution is 7.09. The van der Waals surface area contributed by atoms with E-state index in [1.54, 1.807) is 20.8 Å². The summed E-state index contributed by atoms with van der Waals surface area (Å²) in [4.78, 5) is 74.2. The molecule has 54 heavy (non-hydrogen) atoms. The first-order chi connectivity index (χ1) is 25.2. The van der Waals surface area contributed by atoms with Crippen LogP contribution in [0.4, 0.5) is 0 Å². The van der Waals surface area contributed by atoms with Crippen molar-refractivity contribution in [2.75, 3.05) is 26.2 Å². The molecule has 5 atom stereocenters. The van der Waals surface area contributed by atoms with Crippen molar-refractivity contribution in [2.45, 2.75) is 169 Å². The summed E-state index contributed by atoms with van der Waals surface area (Å²) in [5.74, 6) is -2.62. The number of ether oxygens (including phenoxy) is 3. The summed E-state index contributed by atoms with van der Waals surface area (Å²) in [6.07, 6.45) is 5.71. The zero-order valence-electron chi connectivity index (χ0n) is 34.7. The van der Waals surface area contributed by atoms with Crippen LogP contribution in [0.1, 0.15) is 156 Å². The van der Waals surface area contributed by atoms with Crippen LogP contribution in [-0.4, -0.2) is 105 Å². The number of unbranched alkanes of at least 4 members (excludes halogenated alkanes) is 3. The molecule has 2 N–H and O–H groups in total. The Morgan fingerprint density at radius 2 is 1.63 bits per heavy atom. The van der Waals surface area contributed by atoms with Gasteiger partial charge >= 0.3 is 17.9 Å². The van der Waals surface area contributed by atoms with Gasteiger partial charge in [0, 0.05) is 24.4 Å². The van der Waals surface area contributed by atoms with E-state index in [4.69, 9.17) is 14.2 Å². The second-order valence-corrected chi connectivity index (χ2v) is 17.7. The van der Waals surface area contributed by atoms with Gasteiger partial charge in [-0.2, -0.15) is 0 Å². The third-order valence-corrected chi connectivity index (χ3v) is 10.3. The first-order valence-electron chi connectivity index (χ1n) is 19.8. The molecule has 0 aromatic carbocycles. The number of carbonyl (C=O) groups is 5. The number of aromatic nitrogens is 1. The minimum atomic E-state index is -1.10. The molecule has 2 amide bonds. The molecule has 1 fully saturated rings. The number of hydrogen-bond acceptors (Lipinski definition) is 12. The molecule has 0 bridgehead atoms. The Morgan fingerprint density at radius 3 is 2.22 bits per heavy atom. The van der Waals surface area contributed by atoms with Crippen LogP contribution in [0.2, 0.25) is 0 Å². The van der Waals surface area contributed by atoms with Crippen molar-refractivity contribution >= 4 is 41.1 Å². The Kier molecular flexibility index (Phi) is 19.0. The van der Waals surface area contributed by atoms with Crippen LogP contribution in [0.15, 0.2) is 5.38 Å². The van der Waals surface area contributed by atoms with Gasteiger partial charge in [0.05, 0.1) is 12.6 Å². The molecule has 14 heteroatoms. The first-order valence-corrected chi connectivity index (χ1v) is 20.6. The molecule has 2 rings (SSSR count). The third-order valence-electron chi connectivity index (χ3n) is 9.37. The molecule has 1 aliphatic rings. The highest BCUT2D eigenvalue weighted by Gasteiger charge is 2.39. The molecule has 1 aromatic heterocycles. The van der Waals surface area contributed by atoms with Crippen molar-refractivity contribution in [2.24, 2.45) is 11.8 Å². The number of aliphatic hydroxyl groups is 1. The number of thiazole rings is 1. The van der Waals surface area contributed by atoms with E-state index in [-0.39, 0.29) is 47.3 Å². The number of esters is 3. The van der Waals surface area contributed by atoms with Gasteiger partial charge in [0.15, 0.2) is 12.3 Å². The Morgan fingerprint density at radius 1 is 0.981 bits per heavy atom. The SMILES string of the molecule is CCCCCCN(C(=O)C(NC(=O)[C@H]1CCCCN1CC(=O)OC(C)(C)C)C(C)CC)C(CC(O)c1nc(C(=O)OCC(=O)OC(C)(C)C)cs1)C(C)C. The number of aliphatic hydroxyl groups excluding tert-OH is 1. The topological polar surface area (TPSA) is 165 Å². The van der Waals surface area contributed by atoms with E-state index in [0.29, 0.717) is 25.9 Å². The van der Waals surface area contributed by atoms with E-state index in [2.05, 4.69) is 17.2 Å². The average Bonchev–Trinajstić information content (AvgIpc) is 3.57. The number of likely N-dealkylation sites (tertiary alicyclic amines) is 1. The molecular formula is C40H68N4O9S. The van der Waals surface area contributed by atoms with E-state index in [1.807, 2.05) is 58.3 Å². The fraction of sp³-hybridized carbons (Fsp3) is 0.800. The Labute approximate surface area is 327 Å². The summed E-state index contributed by atoms with van der Waals surface area (Å²) in [6, 6.07) is -1.80. The fourth-order valence-corrected chi connectivity index (χ4v) is 7.25. The van der Waals surface area contributed by atoms with Crippen LogP contribution in [0, 0.1) is 11.8 Å². The predicted molar refractivity (Wildman–Crippen MR) is 209 cm³/mol. The highest BCUT2D eigenvalue weighted by atomic mass is 32.1. The molecule has 0 spiro atoms. The highest BCUT2D eigenvalue weighted by Crippen LogP contribution is 2.29. The van der Waals surface area contributed by atoms with Crippen molar-refractivity contribution in [1.82, 2.24) is 20.1 Å². The maximum atomic E-state index is 14.7. The van der Waals surface area contributed by atoms with Gasteiger partial charge in [-0.1, -0.05) is 66.7 Å². The maximum Gasteiger partial charge on any atom is 0.358 e. The molecule has 4 unspecified atom stereocenters. The van der Waals surface area contributed by atoms with Crippen molar-refractivity contribution in [3.05, 3.63) is 16.1 Å². The smallest absolute Gasteiger partial charge is 0.358 e. The van der Waals surface area contributed by atoms with Crippen molar-refractivity contribution < 1.29 is 43.3 Å². The van der Waals surface area contributed by atoms with Crippen LogP contribution in [0.3, 0.4) is 0 Å². The Balaban J connectivity index is 2.31. The summed E-state index contributed by atoms with van der Waals surface area (Å²) in [6.45, 7) is 21.1. The van der Waals surface area contributed by atoms with Gasteiger partial charge in [0.25, 0.3) is 0 Å². The van der Waals surface area contributed by atoms with Gasteiger partial charge in [-0.25, -0.2) is 14.6 Å². The van der Waals surface area contributed by atoms with Gasteiger partial charge in [-0.3, -0.25) is 19.3 Å². The van der Waals surface area contributed by atoms with Crippen molar-refractivity contribution in [3.8, 4) is 0 Å². The van der Waals surface area contributed by atoms with Gasteiger partial charge in [0.2, 0.25) is 11.8 Å². The van der Waals surface area contributed by atoms with Crippen LogP contribution in [0.5, 0.6) is 0 Å². The number of nitrogens with one attached hydrogen (secondary N) is 1. The Bertz CT molecular complexity index is 1370. The number of amides is 2. The van der Waals surface area contributed by atoms with Crippen LogP contribution in [0.25, 0.3) is 0 Å². The lowest BCUT2D eigenvalue weighted by Gasteiger charge is -2.40. The minimum Gasteiger partial charge on any atom is -0.459 e. The minimum absolute atomic E-state index is 0.00585. The monoisotopic (exact) mass is 780 g/mol.